The van der Waals surface area contributed by atoms with Crippen LogP contribution >= 0.6 is 0 Å². The van der Waals surface area contributed by atoms with Gasteiger partial charge in [0.25, 0.3) is 0 Å². The summed E-state index contributed by atoms with van der Waals surface area (Å²) in [5.41, 5.74) is 0.0663. The van der Waals surface area contributed by atoms with E-state index in [-0.39, 0.29) is 18.2 Å². The molecule has 0 bridgehead atoms. The van der Waals surface area contributed by atoms with Crippen molar-refractivity contribution in [3.63, 3.8) is 0 Å². The van der Waals surface area contributed by atoms with E-state index in [0.29, 0.717) is 45.8 Å². The lowest BCUT2D eigenvalue weighted by atomic mass is 9.75. The fourth-order valence-electron chi connectivity index (χ4n) is 5.32. The largest absolute Gasteiger partial charge is 0.481 e. The van der Waals surface area contributed by atoms with Crippen molar-refractivity contribution in [3.8, 4) is 0 Å². The fraction of sp³-hybridized carbons (Fsp3) is 0.700. The average molecular weight is 572 g/mol. The Labute approximate surface area is 244 Å². The van der Waals surface area contributed by atoms with Gasteiger partial charge in [0.2, 0.25) is 17.7 Å². The molecule has 0 saturated carbocycles. The summed E-state index contributed by atoms with van der Waals surface area (Å²) in [5.74, 6) is -1.48. The summed E-state index contributed by atoms with van der Waals surface area (Å²) in [6.45, 7) is 10.2. The normalized spacial score (nSPS) is 23.5. The summed E-state index contributed by atoms with van der Waals surface area (Å²) in [4.78, 5) is 41.8. The lowest BCUT2D eigenvalue weighted by Crippen LogP contribution is -2.57. The summed E-state index contributed by atoms with van der Waals surface area (Å²) >= 11 is 0. The SMILES string of the molecule is CC1(C)OB([C@H](CCCc2ccccc2)NC(=O)C(CC(=O)N2CCOCC2)NC(=O)C2CCCCO2)OC1(C)C. The third-order valence-corrected chi connectivity index (χ3v) is 8.60. The van der Waals surface area contributed by atoms with Crippen molar-refractivity contribution in [1.82, 2.24) is 15.5 Å². The number of aryl methyl sites for hydroxylation is 1. The Hall–Kier alpha value is -2.47. The lowest BCUT2D eigenvalue weighted by Gasteiger charge is -2.32. The second-order valence-corrected chi connectivity index (χ2v) is 12.2. The molecule has 41 heavy (non-hydrogen) atoms. The van der Waals surface area contributed by atoms with Gasteiger partial charge in [0, 0.05) is 19.7 Å². The van der Waals surface area contributed by atoms with Gasteiger partial charge in [-0.05, 0) is 71.8 Å². The zero-order chi connectivity index (χ0) is 29.5. The van der Waals surface area contributed by atoms with Crippen LogP contribution in [0.25, 0.3) is 0 Å². The van der Waals surface area contributed by atoms with Crippen molar-refractivity contribution in [1.29, 1.82) is 0 Å². The van der Waals surface area contributed by atoms with Crippen LogP contribution in [0.4, 0.5) is 0 Å². The summed E-state index contributed by atoms with van der Waals surface area (Å²) in [6.07, 6.45) is 3.83. The Kier molecular flexibility index (Phi) is 10.8. The molecule has 0 aromatic heterocycles. The van der Waals surface area contributed by atoms with Crippen molar-refractivity contribution < 1.29 is 33.2 Å². The molecule has 2 unspecified atom stereocenters. The molecule has 2 N–H and O–H groups in total. The highest BCUT2D eigenvalue weighted by Gasteiger charge is 2.54. The Morgan fingerprint density at radius 1 is 0.976 bits per heavy atom. The van der Waals surface area contributed by atoms with Crippen LogP contribution in [0.3, 0.4) is 0 Å². The molecule has 3 saturated heterocycles. The highest BCUT2D eigenvalue weighted by molar-refractivity contribution is 6.48. The molecule has 0 aliphatic carbocycles. The third-order valence-electron chi connectivity index (χ3n) is 8.60. The standard InChI is InChI=1S/C30H46BN3O7/c1-29(2)30(3,4)41-31(40-29)25(15-10-13-22-11-6-5-7-12-22)33-27(36)23(21-26(35)34-16-19-38-20-17-34)32-28(37)24-14-8-9-18-39-24/h5-7,11-12,23-25H,8-10,13-21H2,1-4H3,(H,32,37)(H,33,36)/t23?,24?,25-/m0/s1. The van der Waals surface area contributed by atoms with E-state index in [0.717, 1.165) is 25.7 Å². The molecule has 11 heteroatoms. The van der Waals surface area contributed by atoms with Crippen molar-refractivity contribution >= 4 is 24.8 Å². The molecule has 3 heterocycles. The first kappa shape index (κ1) is 31.5. The third kappa shape index (κ3) is 8.53. The van der Waals surface area contributed by atoms with E-state index in [1.165, 1.54) is 5.56 Å². The Bertz CT molecular complexity index is 978. The fourth-order valence-corrected chi connectivity index (χ4v) is 5.32. The predicted octanol–water partition coefficient (Wildman–Crippen LogP) is 2.43. The van der Waals surface area contributed by atoms with Crippen molar-refractivity contribution in [2.75, 3.05) is 32.9 Å². The molecular weight excluding hydrogens is 525 g/mol. The maximum absolute atomic E-state index is 13.8. The molecule has 226 valence electrons. The number of amides is 3. The minimum Gasteiger partial charge on any atom is -0.402 e. The lowest BCUT2D eigenvalue weighted by molar-refractivity contribution is -0.142. The van der Waals surface area contributed by atoms with Gasteiger partial charge < -0.3 is 34.3 Å². The molecule has 3 atom stereocenters. The number of rotatable bonds is 11. The van der Waals surface area contributed by atoms with Crippen LogP contribution in [-0.4, -0.2) is 91.9 Å². The number of nitrogens with one attached hydrogen (secondary N) is 2. The van der Waals surface area contributed by atoms with E-state index in [2.05, 4.69) is 22.8 Å². The van der Waals surface area contributed by atoms with Gasteiger partial charge in [-0.2, -0.15) is 0 Å². The van der Waals surface area contributed by atoms with Gasteiger partial charge in [-0.25, -0.2) is 0 Å². The Balaban J connectivity index is 1.48. The topological polar surface area (TPSA) is 115 Å². The quantitative estimate of drug-likeness (QED) is 0.392. The van der Waals surface area contributed by atoms with Crippen LogP contribution in [0.2, 0.25) is 0 Å². The van der Waals surface area contributed by atoms with Gasteiger partial charge >= 0.3 is 7.12 Å². The van der Waals surface area contributed by atoms with Crippen LogP contribution in [0, 0.1) is 0 Å². The second kappa shape index (κ2) is 14.1. The van der Waals surface area contributed by atoms with Crippen LogP contribution in [0.5, 0.6) is 0 Å². The zero-order valence-corrected chi connectivity index (χ0v) is 25.0. The molecule has 0 radical (unpaired) electrons. The van der Waals surface area contributed by atoms with Gasteiger partial charge in [-0.3, -0.25) is 14.4 Å². The highest BCUT2D eigenvalue weighted by Crippen LogP contribution is 2.38. The highest BCUT2D eigenvalue weighted by atomic mass is 16.7. The minimum atomic E-state index is -1.05. The van der Waals surface area contributed by atoms with Crippen molar-refractivity contribution in [3.05, 3.63) is 35.9 Å². The number of carbonyl (C=O) groups is 3. The van der Waals surface area contributed by atoms with Crippen LogP contribution in [0.1, 0.15) is 71.8 Å². The predicted molar refractivity (Wildman–Crippen MR) is 155 cm³/mol. The summed E-state index contributed by atoms with van der Waals surface area (Å²) in [6, 6.07) is 9.12. The van der Waals surface area contributed by atoms with Crippen LogP contribution in [0.15, 0.2) is 30.3 Å². The van der Waals surface area contributed by atoms with Gasteiger partial charge in [0.05, 0.1) is 36.8 Å². The van der Waals surface area contributed by atoms with Gasteiger partial charge in [0.1, 0.15) is 12.1 Å². The van der Waals surface area contributed by atoms with Crippen molar-refractivity contribution in [2.24, 2.45) is 0 Å². The Morgan fingerprint density at radius 3 is 2.29 bits per heavy atom. The molecule has 3 aliphatic rings. The van der Waals surface area contributed by atoms with Gasteiger partial charge in [-0.15, -0.1) is 0 Å². The van der Waals surface area contributed by atoms with Gasteiger partial charge in [-0.1, -0.05) is 30.3 Å². The van der Waals surface area contributed by atoms with E-state index in [4.69, 9.17) is 18.8 Å². The maximum Gasteiger partial charge on any atom is 0.481 e. The molecule has 4 rings (SSSR count). The average Bonchev–Trinajstić information content (AvgIpc) is 3.19. The molecule has 3 aliphatic heterocycles. The number of hydrogen-bond donors (Lipinski definition) is 2. The molecule has 0 spiro atoms. The number of nitrogens with zero attached hydrogens (tertiary/aromatic N) is 1. The number of morpholine rings is 1. The number of ether oxygens (including phenoxy) is 2. The van der Waals surface area contributed by atoms with E-state index in [9.17, 15) is 14.4 Å². The summed E-state index contributed by atoms with van der Waals surface area (Å²) < 4.78 is 23.7. The Morgan fingerprint density at radius 2 is 1.66 bits per heavy atom. The van der Waals surface area contributed by atoms with Gasteiger partial charge in [0.15, 0.2) is 0 Å². The first-order valence-corrected chi connectivity index (χ1v) is 15.0. The smallest absolute Gasteiger partial charge is 0.402 e. The second-order valence-electron chi connectivity index (χ2n) is 12.2. The van der Waals surface area contributed by atoms with Crippen LogP contribution in [-0.2, 0) is 39.6 Å². The molecule has 1 aromatic rings. The summed E-state index contributed by atoms with van der Waals surface area (Å²) in [7, 11) is -0.673. The maximum atomic E-state index is 13.8. The first-order valence-electron chi connectivity index (χ1n) is 15.0. The molecule has 10 nitrogen and oxygen atoms in total. The summed E-state index contributed by atoms with van der Waals surface area (Å²) in [5, 5.41) is 5.93. The van der Waals surface area contributed by atoms with E-state index in [1.54, 1.807) is 4.90 Å². The van der Waals surface area contributed by atoms with E-state index in [1.807, 2.05) is 45.9 Å². The van der Waals surface area contributed by atoms with Crippen molar-refractivity contribution in [2.45, 2.75) is 102 Å². The van der Waals surface area contributed by atoms with E-state index >= 15 is 0 Å². The number of benzene rings is 1. The minimum absolute atomic E-state index is 0.148. The number of carbonyl (C=O) groups excluding carboxylic acids is 3. The first-order chi connectivity index (χ1) is 19.6. The molecular formula is C30H46BN3O7. The van der Waals surface area contributed by atoms with E-state index < -0.39 is 42.3 Å². The number of hydrogen-bond acceptors (Lipinski definition) is 7. The monoisotopic (exact) mass is 571 g/mol. The molecule has 3 fully saturated rings. The molecule has 3 amide bonds. The zero-order valence-electron chi connectivity index (χ0n) is 25.0. The van der Waals surface area contributed by atoms with Crippen LogP contribution < -0.4 is 10.6 Å². The molecule has 1 aromatic carbocycles.